The Morgan fingerprint density at radius 2 is 1.96 bits per heavy atom. The Hall–Kier alpha value is -2.37. The number of hydrogen-bond acceptors (Lipinski definition) is 4. The van der Waals surface area contributed by atoms with Crippen LogP contribution in [0.4, 0.5) is 0 Å². The summed E-state index contributed by atoms with van der Waals surface area (Å²) in [7, 11) is 0. The Bertz CT molecular complexity index is 784. The zero-order valence-electron chi connectivity index (χ0n) is 16.1. The predicted molar refractivity (Wildman–Crippen MR) is 103 cm³/mol. The minimum atomic E-state index is 0.0305. The summed E-state index contributed by atoms with van der Waals surface area (Å²) in [5, 5.41) is 8.88. The van der Waals surface area contributed by atoms with Crippen LogP contribution in [0, 0.1) is 0 Å². The van der Waals surface area contributed by atoms with Gasteiger partial charge in [0.05, 0.1) is 6.04 Å². The van der Waals surface area contributed by atoms with E-state index in [2.05, 4.69) is 21.7 Å². The number of ether oxygens (including phenoxy) is 1. The van der Waals surface area contributed by atoms with Crippen molar-refractivity contribution in [1.29, 1.82) is 0 Å². The van der Waals surface area contributed by atoms with Gasteiger partial charge < -0.3 is 14.2 Å². The van der Waals surface area contributed by atoms with E-state index in [-0.39, 0.29) is 18.6 Å². The molecule has 2 aliphatic heterocycles. The highest BCUT2D eigenvalue weighted by atomic mass is 16.5. The van der Waals surface area contributed by atoms with Crippen LogP contribution in [0.15, 0.2) is 24.3 Å². The van der Waals surface area contributed by atoms with Gasteiger partial charge in [-0.2, -0.15) is 0 Å². The number of carbonyl (C=O) groups is 1. The fraction of sp³-hybridized carbons (Fsp3) is 0.571. The summed E-state index contributed by atoms with van der Waals surface area (Å²) >= 11 is 0. The maximum Gasteiger partial charge on any atom is 0.261 e. The fourth-order valence-electron chi connectivity index (χ4n) is 4.14. The van der Waals surface area contributed by atoms with Crippen LogP contribution in [0.5, 0.6) is 5.75 Å². The highest BCUT2D eigenvalue weighted by molar-refractivity contribution is 5.78. The van der Waals surface area contributed by atoms with Crippen LogP contribution >= 0.6 is 0 Å². The molecule has 1 saturated heterocycles. The van der Waals surface area contributed by atoms with Gasteiger partial charge in [-0.15, -0.1) is 10.2 Å². The lowest BCUT2D eigenvalue weighted by molar-refractivity contribution is -0.134. The number of likely N-dealkylation sites (tertiary alicyclic amines) is 1. The molecular formula is C21H28N4O2. The molecule has 0 aliphatic carbocycles. The summed E-state index contributed by atoms with van der Waals surface area (Å²) in [6, 6.07) is 7.99. The van der Waals surface area contributed by atoms with E-state index in [1.807, 2.05) is 29.2 Å². The molecule has 3 heterocycles. The highest BCUT2D eigenvalue weighted by Crippen LogP contribution is 2.32. The molecule has 1 aromatic carbocycles. The van der Waals surface area contributed by atoms with E-state index in [1.165, 1.54) is 18.4 Å². The predicted octanol–water partition coefficient (Wildman–Crippen LogP) is 3.31. The Kier molecular flexibility index (Phi) is 5.41. The number of amides is 1. The lowest BCUT2D eigenvalue weighted by atomic mass is 10.2. The SMILES string of the molecule is CCc1ccc(OCC(=O)N2CCCC2c2nnc3n2CCCCC3)cc1. The lowest BCUT2D eigenvalue weighted by Gasteiger charge is -2.24. The molecule has 1 atom stereocenters. The summed E-state index contributed by atoms with van der Waals surface area (Å²) in [6.07, 6.45) is 7.52. The maximum atomic E-state index is 12.8. The van der Waals surface area contributed by atoms with Crippen molar-refractivity contribution in [2.24, 2.45) is 0 Å². The normalized spacial score (nSPS) is 19.6. The van der Waals surface area contributed by atoms with Gasteiger partial charge in [-0.25, -0.2) is 0 Å². The van der Waals surface area contributed by atoms with Gasteiger partial charge in [0.15, 0.2) is 12.4 Å². The van der Waals surface area contributed by atoms with Gasteiger partial charge in [-0.3, -0.25) is 4.79 Å². The first kappa shape index (κ1) is 18.0. The first-order valence-electron chi connectivity index (χ1n) is 10.2. The Morgan fingerprint density at radius 3 is 2.78 bits per heavy atom. The first-order chi connectivity index (χ1) is 13.3. The Morgan fingerprint density at radius 1 is 1.11 bits per heavy atom. The zero-order valence-corrected chi connectivity index (χ0v) is 16.1. The van der Waals surface area contributed by atoms with Gasteiger partial charge >= 0.3 is 0 Å². The van der Waals surface area contributed by atoms with Gasteiger partial charge in [-0.05, 0) is 49.8 Å². The second-order valence-electron chi connectivity index (χ2n) is 7.47. The van der Waals surface area contributed by atoms with Crippen molar-refractivity contribution in [2.45, 2.75) is 64.5 Å². The third kappa shape index (κ3) is 3.84. The third-order valence-electron chi connectivity index (χ3n) is 5.70. The Labute approximate surface area is 160 Å². The van der Waals surface area contributed by atoms with E-state index in [0.29, 0.717) is 0 Å². The van der Waals surface area contributed by atoms with Crippen molar-refractivity contribution in [2.75, 3.05) is 13.2 Å². The number of rotatable bonds is 5. The molecule has 0 saturated carbocycles. The van der Waals surface area contributed by atoms with Gasteiger partial charge in [0.2, 0.25) is 0 Å². The van der Waals surface area contributed by atoms with E-state index >= 15 is 0 Å². The minimum absolute atomic E-state index is 0.0305. The summed E-state index contributed by atoms with van der Waals surface area (Å²) in [4.78, 5) is 14.8. The molecule has 1 unspecified atom stereocenters. The van der Waals surface area contributed by atoms with Crippen molar-refractivity contribution < 1.29 is 9.53 Å². The van der Waals surface area contributed by atoms with Crippen molar-refractivity contribution in [3.8, 4) is 5.75 Å². The van der Waals surface area contributed by atoms with Crippen LogP contribution in [-0.4, -0.2) is 38.7 Å². The number of hydrogen-bond donors (Lipinski definition) is 0. The number of aryl methyl sites for hydroxylation is 2. The maximum absolute atomic E-state index is 12.8. The largest absolute Gasteiger partial charge is 0.484 e. The number of fused-ring (bicyclic) bond motifs is 1. The van der Waals surface area contributed by atoms with E-state index < -0.39 is 0 Å². The molecule has 2 aromatic rings. The number of benzene rings is 1. The molecule has 27 heavy (non-hydrogen) atoms. The van der Waals surface area contributed by atoms with Crippen LogP contribution in [0.1, 0.15) is 62.3 Å². The topological polar surface area (TPSA) is 60.2 Å². The van der Waals surface area contributed by atoms with E-state index in [1.54, 1.807) is 0 Å². The molecule has 0 spiro atoms. The van der Waals surface area contributed by atoms with Gasteiger partial charge in [0.25, 0.3) is 5.91 Å². The summed E-state index contributed by atoms with van der Waals surface area (Å²) < 4.78 is 8.00. The van der Waals surface area contributed by atoms with Crippen molar-refractivity contribution in [3.63, 3.8) is 0 Å². The molecule has 0 N–H and O–H groups in total. The van der Waals surface area contributed by atoms with E-state index in [9.17, 15) is 4.79 Å². The molecule has 144 valence electrons. The Balaban J connectivity index is 1.43. The van der Waals surface area contributed by atoms with Crippen molar-refractivity contribution in [1.82, 2.24) is 19.7 Å². The number of nitrogens with zero attached hydrogens (tertiary/aromatic N) is 4. The standard InChI is InChI=1S/C21H28N4O2/c1-2-16-9-11-17(12-10-16)27-15-20(26)24-14-6-7-18(24)21-23-22-19-8-4-3-5-13-25(19)21/h9-12,18H,2-8,13-15H2,1H3. The zero-order chi connectivity index (χ0) is 18.6. The smallest absolute Gasteiger partial charge is 0.261 e. The average molecular weight is 368 g/mol. The van der Waals surface area contributed by atoms with Gasteiger partial charge in [0, 0.05) is 19.5 Å². The summed E-state index contributed by atoms with van der Waals surface area (Å²) in [5.74, 6) is 2.81. The second kappa shape index (κ2) is 8.11. The monoisotopic (exact) mass is 368 g/mol. The average Bonchev–Trinajstić information content (AvgIpc) is 3.27. The fourth-order valence-corrected chi connectivity index (χ4v) is 4.14. The van der Waals surface area contributed by atoms with Crippen LogP contribution in [0.3, 0.4) is 0 Å². The molecule has 6 nitrogen and oxygen atoms in total. The second-order valence-corrected chi connectivity index (χ2v) is 7.47. The molecule has 4 rings (SSSR count). The van der Waals surface area contributed by atoms with Gasteiger partial charge in [0.1, 0.15) is 11.6 Å². The molecular weight excluding hydrogens is 340 g/mol. The summed E-state index contributed by atoms with van der Waals surface area (Å²) in [6.45, 7) is 3.93. The van der Waals surface area contributed by atoms with Crippen LogP contribution in [-0.2, 0) is 24.2 Å². The number of carbonyl (C=O) groups excluding carboxylic acids is 1. The highest BCUT2D eigenvalue weighted by Gasteiger charge is 2.34. The van der Waals surface area contributed by atoms with Crippen LogP contribution in [0.2, 0.25) is 0 Å². The molecule has 0 radical (unpaired) electrons. The molecule has 1 fully saturated rings. The molecule has 6 heteroatoms. The third-order valence-corrected chi connectivity index (χ3v) is 5.70. The quantitative estimate of drug-likeness (QED) is 0.812. The molecule has 0 bridgehead atoms. The van der Waals surface area contributed by atoms with Crippen LogP contribution in [0.25, 0.3) is 0 Å². The number of aromatic nitrogens is 3. The van der Waals surface area contributed by atoms with Crippen molar-refractivity contribution in [3.05, 3.63) is 41.5 Å². The summed E-state index contributed by atoms with van der Waals surface area (Å²) in [5.41, 5.74) is 1.26. The van der Waals surface area contributed by atoms with Gasteiger partial charge in [-0.1, -0.05) is 25.5 Å². The molecule has 2 aliphatic rings. The van der Waals surface area contributed by atoms with E-state index in [4.69, 9.17) is 4.74 Å². The lowest BCUT2D eigenvalue weighted by Crippen LogP contribution is -2.35. The van der Waals surface area contributed by atoms with Crippen molar-refractivity contribution >= 4 is 5.91 Å². The molecule has 1 amide bonds. The molecule has 1 aromatic heterocycles. The minimum Gasteiger partial charge on any atom is -0.484 e. The van der Waals surface area contributed by atoms with E-state index in [0.717, 1.165) is 62.6 Å². The first-order valence-corrected chi connectivity index (χ1v) is 10.2. The van der Waals surface area contributed by atoms with Crippen LogP contribution < -0.4 is 4.74 Å².